The summed E-state index contributed by atoms with van der Waals surface area (Å²) in [5.74, 6) is -0.496. The summed E-state index contributed by atoms with van der Waals surface area (Å²) in [7, 11) is 0. The molecule has 7 heteroatoms. The maximum atomic E-state index is 11.9. The van der Waals surface area contributed by atoms with Crippen LogP contribution in [0.1, 0.15) is 18.4 Å². The van der Waals surface area contributed by atoms with Crippen LogP contribution in [0.2, 0.25) is 0 Å². The highest BCUT2D eigenvalue weighted by atomic mass is 19.4. The first-order chi connectivity index (χ1) is 9.96. The molecule has 0 saturated carbocycles. The van der Waals surface area contributed by atoms with Gasteiger partial charge in [0.1, 0.15) is 6.21 Å². The van der Waals surface area contributed by atoms with Crippen molar-refractivity contribution in [3.8, 4) is 0 Å². The van der Waals surface area contributed by atoms with E-state index in [0.29, 0.717) is 13.0 Å². The lowest BCUT2D eigenvalue weighted by Crippen LogP contribution is -2.41. The second-order valence-electron chi connectivity index (χ2n) is 4.89. The number of carbonyl (C=O) groups is 1. The Morgan fingerprint density at radius 1 is 1.38 bits per heavy atom. The summed E-state index contributed by atoms with van der Waals surface area (Å²) in [5.41, 5.74) is 3.03. The first-order valence-corrected chi connectivity index (χ1v) is 6.64. The van der Waals surface area contributed by atoms with E-state index in [4.69, 9.17) is 0 Å². The molecule has 1 aliphatic heterocycles. The average Bonchev–Trinajstić information content (AvgIpc) is 2.86. The van der Waals surface area contributed by atoms with Crippen LogP contribution < -0.4 is 5.43 Å². The predicted octanol–water partition coefficient (Wildman–Crippen LogP) is 2.32. The van der Waals surface area contributed by atoms with Gasteiger partial charge in [0.15, 0.2) is 0 Å². The van der Waals surface area contributed by atoms with Gasteiger partial charge in [-0.3, -0.25) is 9.69 Å². The molecule has 1 fully saturated rings. The van der Waals surface area contributed by atoms with Gasteiger partial charge in [-0.1, -0.05) is 30.3 Å². The Kier molecular flexibility index (Phi) is 4.95. The molecular weight excluding hydrogens is 283 g/mol. The molecule has 0 aliphatic carbocycles. The van der Waals surface area contributed by atoms with E-state index >= 15 is 0 Å². The minimum atomic E-state index is -4.52. The molecule has 2 rings (SSSR count). The van der Waals surface area contributed by atoms with E-state index in [1.807, 2.05) is 40.7 Å². The fourth-order valence-corrected chi connectivity index (χ4v) is 2.37. The van der Waals surface area contributed by atoms with Crippen molar-refractivity contribution in [3.05, 3.63) is 35.9 Å². The molecule has 1 amide bonds. The summed E-state index contributed by atoms with van der Waals surface area (Å²) >= 11 is 0. The number of amides is 1. The third-order valence-corrected chi connectivity index (χ3v) is 3.28. The minimum absolute atomic E-state index is 0.221. The highest BCUT2D eigenvalue weighted by Crippen LogP contribution is 2.20. The van der Waals surface area contributed by atoms with Crippen LogP contribution in [-0.4, -0.2) is 35.8 Å². The van der Waals surface area contributed by atoms with Crippen molar-refractivity contribution in [1.82, 2.24) is 10.3 Å². The number of nitrogens with one attached hydrogen (secondary N) is 1. The van der Waals surface area contributed by atoms with Crippen molar-refractivity contribution in [3.63, 3.8) is 0 Å². The van der Waals surface area contributed by atoms with Crippen LogP contribution in [0.4, 0.5) is 13.2 Å². The zero-order valence-corrected chi connectivity index (χ0v) is 11.3. The second kappa shape index (κ2) is 6.71. The molecule has 1 saturated heterocycles. The quantitative estimate of drug-likeness (QED) is 0.685. The first-order valence-electron chi connectivity index (χ1n) is 6.64. The molecule has 4 nitrogen and oxygen atoms in total. The van der Waals surface area contributed by atoms with Crippen molar-refractivity contribution in [2.45, 2.75) is 31.6 Å². The number of alkyl halides is 3. The smallest absolute Gasteiger partial charge is 0.288 e. The third-order valence-electron chi connectivity index (χ3n) is 3.28. The number of benzene rings is 1. The Morgan fingerprint density at radius 3 is 2.76 bits per heavy atom. The van der Waals surface area contributed by atoms with E-state index in [0.717, 1.165) is 18.5 Å². The number of hydrogen-bond acceptors (Lipinski definition) is 3. The molecule has 1 unspecified atom stereocenters. The van der Waals surface area contributed by atoms with E-state index in [2.05, 4.69) is 5.10 Å². The molecule has 1 N–H and O–H groups in total. The van der Waals surface area contributed by atoms with E-state index in [-0.39, 0.29) is 6.21 Å². The fraction of sp³-hybridized carbons (Fsp3) is 0.429. The molecule has 21 heavy (non-hydrogen) atoms. The molecule has 0 radical (unpaired) electrons. The summed E-state index contributed by atoms with van der Waals surface area (Å²) in [4.78, 5) is 13.9. The van der Waals surface area contributed by atoms with Crippen molar-refractivity contribution in [2.75, 3.05) is 6.54 Å². The van der Waals surface area contributed by atoms with Crippen LogP contribution in [0, 0.1) is 0 Å². The lowest BCUT2D eigenvalue weighted by Gasteiger charge is -2.22. The van der Waals surface area contributed by atoms with Crippen LogP contribution in [0.25, 0.3) is 0 Å². The summed E-state index contributed by atoms with van der Waals surface area (Å²) in [6, 6.07) is 9.20. The number of halogens is 3. The number of nitrogens with zero attached hydrogens (tertiary/aromatic N) is 2. The minimum Gasteiger partial charge on any atom is -0.288 e. The van der Waals surface area contributed by atoms with Crippen molar-refractivity contribution >= 4 is 12.1 Å². The normalized spacial score (nSPS) is 20.0. The summed E-state index contributed by atoms with van der Waals surface area (Å²) in [6.07, 6.45) is -3.28. The van der Waals surface area contributed by atoms with Gasteiger partial charge in [-0.15, -0.1) is 0 Å². The fourth-order valence-electron chi connectivity index (χ4n) is 2.37. The largest absolute Gasteiger partial charge is 0.428 e. The molecular formula is C14H16F3N3O. The molecule has 0 aromatic heterocycles. The number of likely N-dealkylation sites (tertiary alicyclic amines) is 1. The first kappa shape index (κ1) is 15.5. The number of hydrogen-bond donors (Lipinski definition) is 1. The highest BCUT2D eigenvalue weighted by Gasteiger charge is 2.31. The molecule has 1 aliphatic rings. The molecule has 1 heterocycles. The van der Waals surface area contributed by atoms with Crippen LogP contribution >= 0.6 is 0 Å². The zero-order valence-electron chi connectivity index (χ0n) is 11.3. The van der Waals surface area contributed by atoms with Gasteiger partial charge in [0, 0.05) is 6.54 Å². The Hall–Kier alpha value is -1.89. The van der Waals surface area contributed by atoms with E-state index in [1.165, 1.54) is 0 Å². The van der Waals surface area contributed by atoms with Gasteiger partial charge in [-0.05, 0) is 24.9 Å². The van der Waals surface area contributed by atoms with Crippen LogP contribution in [0.3, 0.4) is 0 Å². The van der Waals surface area contributed by atoms with Gasteiger partial charge in [0.2, 0.25) is 0 Å². The molecule has 1 atom stereocenters. The van der Waals surface area contributed by atoms with Crippen molar-refractivity contribution < 1.29 is 18.0 Å². The molecule has 1 aromatic carbocycles. The summed E-state index contributed by atoms with van der Waals surface area (Å²) in [6.45, 7) is 1.35. The molecule has 0 spiro atoms. The third kappa shape index (κ3) is 4.86. The second-order valence-corrected chi connectivity index (χ2v) is 4.89. The molecule has 1 aromatic rings. The highest BCUT2D eigenvalue weighted by molar-refractivity contribution is 5.82. The van der Waals surface area contributed by atoms with Crippen molar-refractivity contribution in [2.24, 2.45) is 5.10 Å². The van der Waals surface area contributed by atoms with Crippen LogP contribution in [0.5, 0.6) is 0 Å². The Morgan fingerprint density at radius 2 is 2.10 bits per heavy atom. The van der Waals surface area contributed by atoms with E-state index in [1.54, 1.807) is 0 Å². The van der Waals surface area contributed by atoms with Crippen LogP contribution in [-0.2, 0) is 11.3 Å². The van der Waals surface area contributed by atoms with E-state index in [9.17, 15) is 18.0 Å². The number of rotatable bonds is 4. The van der Waals surface area contributed by atoms with E-state index < -0.39 is 18.1 Å². The van der Waals surface area contributed by atoms with Gasteiger partial charge in [0.05, 0.1) is 6.04 Å². The number of hydrazone groups is 1. The molecule has 0 bridgehead atoms. The van der Waals surface area contributed by atoms with Gasteiger partial charge in [-0.2, -0.15) is 18.3 Å². The SMILES string of the molecule is O=C(N/N=C/C(F)(F)F)C1CCCN1Cc1ccccc1. The lowest BCUT2D eigenvalue weighted by atomic mass is 10.2. The lowest BCUT2D eigenvalue weighted by molar-refractivity contribution is -0.125. The van der Waals surface area contributed by atoms with Gasteiger partial charge in [-0.25, -0.2) is 5.43 Å². The average molecular weight is 299 g/mol. The molecule has 114 valence electrons. The Labute approximate surface area is 120 Å². The topological polar surface area (TPSA) is 44.7 Å². The Bertz CT molecular complexity index is 502. The maximum Gasteiger partial charge on any atom is 0.428 e. The monoisotopic (exact) mass is 299 g/mol. The zero-order chi connectivity index (χ0) is 15.3. The van der Waals surface area contributed by atoms with Gasteiger partial charge < -0.3 is 0 Å². The maximum absolute atomic E-state index is 11.9. The van der Waals surface area contributed by atoms with Gasteiger partial charge in [0.25, 0.3) is 5.91 Å². The predicted molar refractivity (Wildman–Crippen MR) is 72.6 cm³/mol. The van der Waals surface area contributed by atoms with Crippen LogP contribution in [0.15, 0.2) is 35.4 Å². The van der Waals surface area contributed by atoms with Gasteiger partial charge >= 0.3 is 6.18 Å². The summed E-state index contributed by atoms with van der Waals surface area (Å²) in [5, 5.41) is 2.95. The Balaban J connectivity index is 1.92. The standard InChI is InChI=1S/C14H16F3N3O/c15-14(16,17)10-18-19-13(21)12-7-4-8-20(12)9-11-5-2-1-3-6-11/h1-3,5-6,10,12H,4,7-9H2,(H,19,21)/b18-10+. The summed E-state index contributed by atoms with van der Waals surface area (Å²) < 4.78 is 35.8. The number of carbonyl (C=O) groups excluding carboxylic acids is 1. The van der Waals surface area contributed by atoms with Crippen molar-refractivity contribution in [1.29, 1.82) is 0 Å².